The van der Waals surface area contributed by atoms with Gasteiger partial charge in [0, 0.05) is 24.9 Å². The Balaban J connectivity index is 1.18. The third kappa shape index (κ3) is 4.64. The van der Waals surface area contributed by atoms with Gasteiger partial charge in [-0.25, -0.2) is 4.79 Å². The molecule has 184 valence electrons. The van der Waals surface area contributed by atoms with Crippen molar-refractivity contribution in [2.75, 3.05) is 13.2 Å². The number of carbonyl (C=O) groups is 3. The Morgan fingerprint density at radius 2 is 1.60 bits per heavy atom. The molecule has 2 aromatic carbocycles. The van der Waals surface area contributed by atoms with E-state index in [2.05, 4.69) is 34.9 Å². The Morgan fingerprint density at radius 1 is 0.971 bits per heavy atom. The van der Waals surface area contributed by atoms with Gasteiger partial charge in [-0.15, -0.1) is 0 Å². The molecule has 3 aliphatic rings. The lowest BCUT2D eigenvalue weighted by molar-refractivity contribution is -0.154. The second-order valence-electron chi connectivity index (χ2n) is 10.2. The number of alkyl carbamates (subject to hydrolysis) is 1. The summed E-state index contributed by atoms with van der Waals surface area (Å²) < 4.78 is 5.68. The lowest BCUT2D eigenvalue weighted by Crippen LogP contribution is -2.50. The standard InChI is InChI=1S/C28H32N2O5/c31-25(29-17-28(26(32)33)13-6-14-28)15-24(18-7-5-8-18)30-27(34)35-16-23-21-11-3-1-9-19(21)20-10-2-4-12-22(20)23/h1-4,9-12,18,23-24H,5-8,13-17H2,(H,29,31)(H,30,34)(H,32,33). The number of amides is 2. The lowest BCUT2D eigenvalue weighted by atomic mass is 9.68. The highest BCUT2D eigenvalue weighted by Gasteiger charge is 2.44. The summed E-state index contributed by atoms with van der Waals surface area (Å²) in [6.07, 6.45) is 4.66. The molecule has 35 heavy (non-hydrogen) atoms. The zero-order valence-corrected chi connectivity index (χ0v) is 19.8. The number of fused-ring (bicyclic) bond motifs is 3. The van der Waals surface area contributed by atoms with E-state index in [4.69, 9.17) is 4.74 Å². The number of aliphatic carboxylic acids is 1. The van der Waals surface area contributed by atoms with Gasteiger partial charge in [-0.1, -0.05) is 61.4 Å². The monoisotopic (exact) mass is 476 g/mol. The number of hydrogen-bond donors (Lipinski definition) is 3. The third-order valence-electron chi connectivity index (χ3n) is 8.16. The molecule has 0 radical (unpaired) electrons. The second-order valence-corrected chi connectivity index (χ2v) is 10.2. The molecule has 5 rings (SSSR count). The van der Waals surface area contributed by atoms with Crippen molar-refractivity contribution in [1.82, 2.24) is 10.6 Å². The Labute approximate surface area is 205 Å². The summed E-state index contributed by atoms with van der Waals surface area (Å²) in [6, 6.07) is 16.1. The van der Waals surface area contributed by atoms with Crippen LogP contribution in [0, 0.1) is 11.3 Å². The molecule has 0 heterocycles. The molecule has 0 saturated heterocycles. The van der Waals surface area contributed by atoms with Crippen molar-refractivity contribution in [2.24, 2.45) is 11.3 Å². The predicted molar refractivity (Wildman–Crippen MR) is 131 cm³/mol. The van der Waals surface area contributed by atoms with Gasteiger partial charge in [0.2, 0.25) is 5.91 Å². The van der Waals surface area contributed by atoms with Crippen LogP contribution in [0.4, 0.5) is 4.79 Å². The molecule has 7 nitrogen and oxygen atoms in total. The summed E-state index contributed by atoms with van der Waals surface area (Å²) in [5.74, 6) is -0.864. The van der Waals surface area contributed by atoms with Crippen LogP contribution in [0.15, 0.2) is 48.5 Å². The van der Waals surface area contributed by atoms with Gasteiger partial charge in [-0.05, 0) is 53.9 Å². The molecule has 1 atom stereocenters. The van der Waals surface area contributed by atoms with Gasteiger partial charge >= 0.3 is 12.1 Å². The van der Waals surface area contributed by atoms with Gasteiger partial charge in [0.15, 0.2) is 0 Å². The maximum atomic E-state index is 12.8. The van der Waals surface area contributed by atoms with Crippen molar-refractivity contribution in [3.8, 4) is 11.1 Å². The van der Waals surface area contributed by atoms with Crippen LogP contribution in [0.3, 0.4) is 0 Å². The maximum Gasteiger partial charge on any atom is 0.407 e. The number of benzene rings is 2. The first-order valence-electron chi connectivity index (χ1n) is 12.6. The van der Waals surface area contributed by atoms with Gasteiger partial charge in [-0.2, -0.15) is 0 Å². The van der Waals surface area contributed by atoms with E-state index in [1.54, 1.807) is 0 Å². The smallest absolute Gasteiger partial charge is 0.407 e. The van der Waals surface area contributed by atoms with Crippen molar-refractivity contribution >= 4 is 18.0 Å². The molecule has 2 aromatic rings. The molecule has 0 bridgehead atoms. The Hall–Kier alpha value is -3.35. The summed E-state index contributed by atoms with van der Waals surface area (Å²) in [5, 5.41) is 15.2. The number of hydrogen-bond acceptors (Lipinski definition) is 4. The molecule has 3 N–H and O–H groups in total. The summed E-state index contributed by atoms with van der Waals surface area (Å²) in [4.78, 5) is 37.0. The lowest BCUT2D eigenvalue weighted by Gasteiger charge is -2.38. The largest absolute Gasteiger partial charge is 0.481 e. The first-order valence-corrected chi connectivity index (χ1v) is 12.6. The van der Waals surface area contributed by atoms with E-state index in [1.165, 1.54) is 11.1 Å². The molecule has 1 unspecified atom stereocenters. The van der Waals surface area contributed by atoms with Crippen LogP contribution >= 0.6 is 0 Å². The van der Waals surface area contributed by atoms with Gasteiger partial charge in [0.25, 0.3) is 0 Å². The average molecular weight is 477 g/mol. The molecule has 3 aliphatic carbocycles. The quantitative estimate of drug-likeness (QED) is 0.496. The first kappa shape index (κ1) is 23.4. The number of carboxylic acids is 1. The molecule has 0 spiro atoms. The minimum atomic E-state index is -0.851. The third-order valence-corrected chi connectivity index (χ3v) is 8.16. The van der Waals surface area contributed by atoms with Gasteiger partial charge in [-0.3, -0.25) is 9.59 Å². The highest BCUT2D eigenvalue weighted by Crippen LogP contribution is 2.44. The SMILES string of the molecule is O=C(CC(NC(=O)OCC1c2ccccc2-c2ccccc21)C1CCC1)NCC1(C(=O)O)CCC1. The highest BCUT2D eigenvalue weighted by molar-refractivity contribution is 5.81. The highest BCUT2D eigenvalue weighted by atomic mass is 16.5. The molecule has 0 aromatic heterocycles. The van der Waals surface area contributed by atoms with E-state index in [9.17, 15) is 19.5 Å². The van der Waals surface area contributed by atoms with Crippen molar-refractivity contribution in [3.63, 3.8) is 0 Å². The molecular weight excluding hydrogens is 444 g/mol. The second kappa shape index (κ2) is 9.72. The number of carboxylic acid groups (broad SMARTS) is 1. The zero-order valence-electron chi connectivity index (χ0n) is 19.8. The summed E-state index contributed by atoms with van der Waals surface area (Å²) in [5.41, 5.74) is 3.82. The normalized spacial score (nSPS) is 18.9. The fourth-order valence-electron chi connectivity index (χ4n) is 5.58. The van der Waals surface area contributed by atoms with Crippen LogP contribution in [0.2, 0.25) is 0 Å². The van der Waals surface area contributed by atoms with Crippen molar-refractivity contribution in [3.05, 3.63) is 59.7 Å². The van der Waals surface area contributed by atoms with E-state index in [-0.39, 0.29) is 43.4 Å². The molecule has 2 saturated carbocycles. The molecule has 7 heteroatoms. The first-order chi connectivity index (χ1) is 17.0. The van der Waals surface area contributed by atoms with E-state index in [0.29, 0.717) is 12.8 Å². The van der Waals surface area contributed by atoms with Gasteiger partial charge in [0.1, 0.15) is 6.61 Å². The van der Waals surface area contributed by atoms with Gasteiger partial charge < -0.3 is 20.5 Å². The van der Waals surface area contributed by atoms with Crippen LogP contribution in [0.1, 0.15) is 62.0 Å². The Morgan fingerprint density at radius 3 is 2.11 bits per heavy atom. The van der Waals surface area contributed by atoms with E-state index in [0.717, 1.165) is 36.8 Å². The van der Waals surface area contributed by atoms with Crippen molar-refractivity contribution in [1.29, 1.82) is 0 Å². The number of rotatable bonds is 9. The fourth-order valence-corrected chi connectivity index (χ4v) is 5.58. The minimum Gasteiger partial charge on any atom is -0.481 e. The summed E-state index contributed by atoms with van der Waals surface area (Å²) >= 11 is 0. The summed E-state index contributed by atoms with van der Waals surface area (Å²) in [7, 11) is 0. The fraction of sp³-hybridized carbons (Fsp3) is 0.464. The molecule has 0 aliphatic heterocycles. The van der Waals surface area contributed by atoms with E-state index in [1.807, 2.05) is 24.3 Å². The number of ether oxygens (including phenoxy) is 1. The minimum absolute atomic E-state index is 0.0201. The number of carbonyl (C=O) groups excluding carboxylic acids is 2. The van der Waals surface area contributed by atoms with Crippen LogP contribution in [-0.4, -0.2) is 42.3 Å². The van der Waals surface area contributed by atoms with Crippen LogP contribution < -0.4 is 10.6 Å². The molecule has 2 fully saturated rings. The van der Waals surface area contributed by atoms with Crippen molar-refractivity contribution in [2.45, 2.75) is 56.9 Å². The van der Waals surface area contributed by atoms with E-state index >= 15 is 0 Å². The summed E-state index contributed by atoms with van der Waals surface area (Å²) in [6.45, 7) is 0.369. The van der Waals surface area contributed by atoms with Gasteiger partial charge in [0.05, 0.1) is 5.41 Å². The molecule has 2 amide bonds. The topological polar surface area (TPSA) is 105 Å². The van der Waals surface area contributed by atoms with Crippen LogP contribution in [0.5, 0.6) is 0 Å². The predicted octanol–water partition coefficient (Wildman–Crippen LogP) is 4.46. The molecular formula is C28H32N2O5. The van der Waals surface area contributed by atoms with Crippen LogP contribution in [-0.2, 0) is 14.3 Å². The number of nitrogens with one attached hydrogen (secondary N) is 2. The Bertz CT molecular complexity index is 1080. The maximum absolute atomic E-state index is 12.8. The zero-order chi connectivity index (χ0) is 24.4. The van der Waals surface area contributed by atoms with Crippen LogP contribution in [0.25, 0.3) is 11.1 Å². The van der Waals surface area contributed by atoms with Crippen molar-refractivity contribution < 1.29 is 24.2 Å². The van der Waals surface area contributed by atoms with E-state index < -0.39 is 17.5 Å². The average Bonchev–Trinajstić information content (AvgIpc) is 3.09. The Kier molecular flexibility index (Phi) is 6.50.